The Labute approximate surface area is 124 Å². The van der Waals surface area contributed by atoms with Gasteiger partial charge in [0.1, 0.15) is 5.75 Å². The molecule has 2 nitrogen and oxygen atoms in total. The van der Waals surface area contributed by atoms with Crippen molar-refractivity contribution in [2.24, 2.45) is 0 Å². The lowest BCUT2D eigenvalue weighted by Gasteiger charge is -2.16. The van der Waals surface area contributed by atoms with Gasteiger partial charge in [-0.3, -0.25) is 4.79 Å². The van der Waals surface area contributed by atoms with E-state index in [1.54, 1.807) is 7.11 Å². The summed E-state index contributed by atoms with van der Waals surface area (Å²) < 4.78 is 5.21. The van der Waals surface area contributed by atoms with E-state index in [9.17, 15) is 4.79 Å². The van der Waals surface area contributed by atoms with E-state index in [1.807, 2.05) is 55.5 Å². The molecule has 0 aromatic heterocycles. The van der Waals surface area contributed by atoms with Crippen molar-refractivity contribution in [1.82, 2.24) is 0 Å². The maximum absolute atomic E-state index is 11.8. The van der Waals surface area contributed by atoms with Crippen LogP contribution in [0.15, 0.2) is 48.5 Å². The number of benzene rings is 2. The third-order valence-corrected chi connectivity index (χ3v) is 3.68. The zero-order valence-electron chi connectivity index (χ0n) is 11.6. The molecule has 0 amide bonds. The molecule has 2 aromatic rings. The lowest BCUT2D eigenvalue weighted by atomic mass is 9.90. The monoisotopic (exact) mass is 288 g/mol. The van der Waals surface area contributed by atoms with Crippen molar-refractivity contribution in [3.8, 4) is 5.75 Å². The van der Waals surface area contributed by atoms with Gasteiger partial charge in [0, 0.05) is 0 Å². The Morgan fingerprint density at radius 2 is 1.95 bits per heavy atom. The standard InChI is InChI=1S/C17H17ClO2/c1-12-6-3-4-9-15(12)16(17(18)19)11-13-7-5-8-14(10-13)20-2/h3-10,16H,11H2,1-2H3. The van der Waals surface area contributed by atoms with Crippen LogP contribution in [0.5, 0.6) is 5.75 Å². The van der Waals surface area contributed by atoms with Crippen molar-refractivity contribution >= 4 is 16.8 Å². The van der Waals surface area contributed by atoms with Crippen LogP contribution < -0.4 is 4.74 Å². The van der Waals surface area contributed by atoms with Crippen LogP contribution in [0.4, 0.5) is 0 Å². The number of rotatable bonds is 5. The largest absolute Gasteiger partial charge is 0.497 e. The van der Waals surface area contributed by atoms with Gasteiger partial charge in [0.25, 0.3) is 0 Å². The van der Waals surface area contributed by atoms with Crippen LogP contribution in [0.25, 0.3) is 0 Å². The minimum absolute atomic E-state index is 0.329. The van der Waals surface area contributed by atoms with E-state index in [1.165, 1.54) is 0 Å². The molecule has 20 heavy (non-hydrogen) atoms. The molecule has 0 heterocycles. The van der Waals surface area contributed by atoms with Crippen LogP contribution in [0.2, 0.25) is 0 Å². The number of hydrogen-bond donors (Lipinski definition) is 0. The van der Waals surface area contributed by atoms with E-state index in [0.717, 1.165) is 22.4 Å². The van der Waals surface area contributed by atoms with Gasteiger partial charge in [0.15, 0.2) is 0 Å². The smallest absolute Gasteiger partial charge is 0.229 e. The highest BCUT2D eigenvalue weighted by Gasteiger charge is 2.20. The average molecular weight is 289 g/mol. The van der Waals surface area contributed by atoms with Gasteiger partial charge in [0.2, 0.25) is 5.24 Å². The fourth-order valence-corrected chi connectivity index (χ4v) is 2.52. The fourth-order valence-electron chi connectivity index (χ4n) is 2.33. The van der Waals surface area contributed by atoms with Crippen molar-refractivity contribution in [3.63, 3.8) is 0 Å². The van der Waals surface area contributed by atoms with E-state index in [0.29, 0.717) is 6.42 Å². The maximum Gasteiger partial charge on any atom is 0.229 e. The molecule has 3 heteroatoms. The summed E-state index contributed by atoms with van der Waals surface area (Å²) in [6, 6.07) is 15.6. The van der Waals surface area contributed by atoms with Gasteiger partial charge in [-0.2, -0.15) is 0 Å². The zero-order chi connectivity index (χ0) is 14.5. The molecule has 0 spiro atoms. The third-order valence-electron chi connectivity index (χ3n) is 3.41. The molecule has 1 unspecified atom stereocenters. The van der Waals surface area contributed by atoms with Crippen LogP contribution in [0.1, 0.15) is 22.6 Å². The highest BCUT2D eigenvalue weighted by atomic mass is 35.5. The molecular weight excluding hydrogens is 272 g/mol. The fraction of sp³-hybridized carbons (Fsp3) is 0.235. The van der Waals surface area contributed by atoms with Gasteiger partial charge < -0.3 is 4.74 Å². The molecule has 0 N–H and O–H groups in total. The van der Waals surface area contributed by atoms with Crippen LogP contribution >= 0.6 is 11.6 Å². The molecule has 0 radical (unpaired) electrons. The first-order valence-corrected chi connectivity index (χ1v) is 6.87. The maximum atomic E-state index is 11.8. The topological polar surface area (TPSA) is 26.3 Å². The van der Waals surface area contributed by atoms with Gasteiger partial charge in [-0.05, 0) is 53.8 Å². The second kappa shape index (κ2) is 6.58. The SMILES string of the molecule is COc1cccc(CC(C(=O)Cl)c2ccccc2C)c1. The third kappa shape index (κ3) is 3.40. The van der Waals surface area contributed by atoms with Gasteiger partial charge in [-0.15, -0.1) is 0 Å². The van der Waals surface area contributed by atoms with Crippen LogP contribution in [-0.4, -0.2) is 12.4 Å². The number of ether oxygens (including phenoxy) is 1. The van der Waals surface area contributed by atoms with Gasteiger partial charge in [0.05, 0.1) is 13.0 Å². The molecular formula is C17H17ClO2. The van der Waals surface area contributed by atoms with Gasteiger partial charge >= 0.3 is 0 Å². The number of hydrogen-bond acceptors (Lipinski definition) is 2. The highest BCUT2D eigenvalue weighted by molar-refractivity contribution is 6.64. The molecule has 0 aliphatic carbocycles. The summed E-state index contributed by atoms with van der Waals surface area (Å²) in [7, 11) is 1.63. The summed E-state index contributed by atoms with van der Waals surface area (Å²) in [6.45, 7) is 1.99. The van der Waals surface area contributed by atoms with E-state index >= 15 is 0 Å². The Morgan fingerprint density at radius 1 is 1.20 bits per heavy atom. The first-order chi connectivity index (χ1) is 9.61. The van der Waals surface area contributed by atoms with Crippen molar-refractivity contribution in [1.29, 1.82) is 0 Å². The molecule has 2 aromatic carbocycles. The minimum Gasteiger partial charge on any atom is -0.497 e. The predicted molar refractivity (Wildman–Crippen MR) is 81.5 cm³/mol. The van der Waals surface area contributed by atoms with Crippen molar-refractivity contribution in [2.45, 2.75) is 19.3 Å². The summed E-state index contributed by atoms with van der Waals surface area (Å²) in [5.74, 6) is 0.457. The normalized spacial score (nSPS) is 11.9. The Bertz CT molecular complexity index is 607. The minimum atomic E-state index is -0.331. The Hall–Kier alpha value is -1.80. The molecule has 0 saturated carbocycles. The van der Waals surface area contributed by atoms with Gasteiger partial charge in [-0.25, -0.2) is 0 Å². The van der Waals surface area contributed by atoms with Gasteiger partial charge in [-0.1, -0.05) is 36.4 Å². The zero-order valence-corrected chi connectivity index (χ0v) is 12.4. The summed E-state index contributed by atoms with van der Waals surface area (Å²) >= 11 is 5.80. The summed E-state index contributed by atoms with van der Waals surface area (Å²) in [5.41, 5.74) is 3.09. The lowest BCUT2D eigenvalue weighted by molar-refractivity contribution is -0.113. The second-order valence-electron chi connectivity index (χ2n) is 4.77. The van der Waals surface area contributed by atoms with Crippen molar-refractivity contribution in [2.75, 3.05) is 7.11 Å². The number of carbonyl (C=O) groups is 1. The number of aryl methyl sites for hydroxylation is 1. The van der Waals surface area contributed by atoms with E-state index in [2.05, 4.69) is 0 Å². The molecule has 0 fully saturated rings. The molecule has 2 rings (SSSR count). The molecule has 0 aliphatic heterocycles. The summed E-state index contributed by atoms with van der Waals surface area (Å²) in [4.78, 5) is 11.8. The quantitative estimate of drug-likeness (QED) is 0.775. The first-order valence-electron chi connectivity index (χ1n) is 6.49. The Kier molecular flexibility index (Phi) is 4.80. The molecule has 104 valence electrons. The Morgan fingerprint density at radius 3 is 2.60 bits per heavy atom. The molecule has 0 aliphatic rings. The van der Waals surface area contributed by atoms with E-state index in [4.69, 9.17) is 16.3 Å². The highest BCUT2D eigenvalue weighted by Crippen LogP contribution is 2.27. The van der Waals surface area contributed by atoms with Crippen molar-refractivity contribution < 1.29 is 9.53 Å². The number of carbonyl (C=O) groups excluding carboxylic acids is 1. The predicted octanol–water partition coefficient (Wildman–Crippen LogP) is 4.10. The van der Waals surface area contributed by atoms with Crippen LogP contribution in [-0.2, 0) is 11.2 Å². The molecule has 0 saturated heterocycles. The Balaban J connectivity index is 2.31. The molecule has 1 atom stereocenters. The second-order valence-corrected chi connectivity index (χ2v) is 5.14. The number of methoxy groups -OCH3 is 1. The molecule has 0 bridgehead atoms. The lowest BCUT2D eigenvalue weighted by Crippen LogP contribution is -2.11. The van der Waals surface area contributed by atoms with Crippen LogP contribution in [0, 0.1) is 6.92 Å². The van der Waals surface area contributed by atoms with Crippen LogP contribution in [0.3, 0.4) is 0 Å². The average Bonchev–Trinajstić information content (AvgIpc) is 2.45. The summed E-state index contributed by atoms with van der Waals surface area (Å²) in [5, 5.41) is -0.331. The number of halogens is 1. The van der Waals surface area contributed by atoms with E-state index in [-0.39, 0.29) is 11.2 Å². The van der Waals surface area contributed by atoms with E-state index < -0.39 is 0 Å². The van der Waals surface area contributed by atoms with Crippen molar-refractivity contribution in [3.05, 3.63) is 65.2 Å². The summed E-state index contributed by atoms with van der Waals surface area (Å²) in [6.07, 6.45) is 0.574. The first kappa shape index (κ1) is 14.6.